The normalized spacial score (nSPS) is 14.6. The molecule has 0 aromatic rings. The summed E-state index contributed by atoms with van der Waals surface area (Å²) in [7, 11) is 0. The van der Waals surface area contributed by atoms with Gasteiger partial charge in [0.1, 0.15) is 11.1 Å². The zero-order valence-electron chi connectivity index (χ0n) is 15.6. The monoisotopic (exact) mass is 345 g/mol. The molecule has 7 heteroatoms. The highest BCUT2D eigenvalue weighted by molar-refractivity contribution is 5.85. The number of hydrogen-bond donors (Lipinski definition) is 3. The summed E-state index contributed by atoms with van der Waals surface area (Å²) in [5.74, 6) is -2.00. The van der Waals surface area contributed by atoms with Gasteiger partial charge in [0, 0.05) is 6.42 Å². The van der Waals surface area contributed by atoms with Gasteiger partial charge in [-0.05, 0) is 39.0 Å². The molecule has 140 valence electrons. The van der Waals surface area contributed by atoms with Crippen LogP contribution in [-0.4, -0.2) is 39.4 Å². The van der Waals surface area contributed by atoms with Gasteiger partial charge in [0.2, 0.25) is 0 Å². The van der Waals surface area contributed by atoms with E-state index in [9.17, 15) is 19.5 Å². The first-order valence-electron chi connectivity index (χ1n) is 8.17. The lowest BCUT2D eigenvalue weighted by molar-refractivity contribution is -0.150. The van der Waals surface area contributed by atoms with Crippen LogP contribution in [0.4, 0.5) is 4.79 Å². The van der Waals surface area contributed by atoms with Gasteiger partial charge in [0.15, 0.2) is 0 Å². The summed E-state index contributed by atoms with van der Waals surface area (Å²) in [5.41, 5.74) is -2.96. The minimum absolute atomic E-state index is 0.0507. The predicted octanol–water partition coefficient (Wildman–Crippen LogP) is 3.42. The minimum atomic E-state index is -1.49. The maximum absolute atomic E-state index is 12.1. The first-order chi connectivity index (χ1) is 10.7. The summed E-state index contributed by atoms with van der Waals surface area (Å²) in [6.45, 7) is 10.4. The fourth-order valence-corrected chi connectivity index (χ4v) is 2.43. The molecule has 0 bridgehead atoms. The number of carbonyl (C=O) groups excluding carboxylic acids is 1. The fourth-order valence-electron chi connectivity index (χ4n) is 2.43. The molecule has 0 saturated carbocycles. The number of carboxylic acid groups (broad SMARTS) is 2. The fraction of sp³-hybridized carbons (Fsp3) is 0.824. The van der Waals surface area contributed by atoms with Crippen LogP contribution in [0.3, 0.4) is 0 Å². The van der Waals surface area contributed by atoms with E-state index < -0.39 is 34.6 Å². The molecule has 0 heterocycles. The third kappa shape index (κ3) is 7.19. The highest BCUT2D eigenvalue weighted by Crippen LogP contribution is 2.35. The molecule has 3 N–H and O–H groups in total. The van der Waals surface area contributed by atoms with Crippen LogP contribution in [0.25, 0.3) is 0 Å². The standard InChI is InChI=1S/C17H31NO6/c1-15(2,3)17(13(21)22,11-9-7-8-10-12(19)20)18-14(23)24-16(4,5)6/h7-11H2,1-6H3,(H,18,23)(H,19,20)(H,21,22). The lowest BCUT2D eigenvalue weighted by Gasteiger charge is -2.42. The second-order valence-corrected chi connectivity index (χ2v) is 8.04. The van der Waals surface area contributed by atoms with E-state index in [-0.39, 0.29) is 12.8 Å². The van der Waals surface area contributed by atoms with Gasteiger partial charge in [-0.25, -0.2) is 9.59 Å². The zero-order valence-corrected chi connectivity index (χ0v) is 15.6. The van der Waals surface area contributed by atoms with Gasteiger partial charge < -0.3 is 20.3 Å². The van der Waals surface area contributed by atoms with Gasteiger partial charge in [-0.3, -0.25) is 4.79 Å². The van der Waals surface area contributed by atoms with E-state index in [1.165, 1.54) is 0 Å². The van der Waals surface area contributed by atoms with Crippen LogP contribution < -0.4 is 5.32 Å². The van der Waals surface area contributed by atoms with E-state index in [0.29, 0.717) is 19.3 Å². The lowest BCUT2D eigenvalue weighted by atomic mass is 9.70. The van der Waals surface area contributed by atoms with Gasteiger partial charge in [0.05, 0.1) is 0 Å². The molecule has 0 aliphatic rings. The van der Waals surface area contributed by atoms with Crippen LogP contribution in [0.15, 0.2) is 0 Å². The van der Waals surface area contributed by atoms with Crippen molar-refractivity contribution in [1.29, 1.82) is 0 Å². The number of nitrogens with one attached hydrogen (secondary N) is 1. The Bertz CT molecular complexity index is 461. The molecular weight excluding hydrogens is 314 g/mol. The summed E-state index contributed by atoms with van der Waals surface area (Å²) < 4.78 is 5.21. The van der Waals surface area contributed by atoms with Crippen molar-refractivity contribution in [3.63, 3.8) is 0 Å². The smallest absolute Gasteiger partial charge is 0.408 e. The molecule has 0 aromatic carbocycles. The third-order valence-electron chi connectivity index (χ3n) is 3.80. The van der Waals surface area contributed by atoms with Crippen LogP contribution in [-0.2, 0) is 14.3 Å². The first kappa shape index (κ1) is 22.2. The summed E-state index contributed by atoms with van der Waals surface area (Å²) in [4.78, 5) is 34.6. The Balaban J connectivity index is 5.12. The second kappa shape index (κ2) is 8.35. The van der Waals surface area contributed by atoms with E-state index in [0.717, 1.165) is 0 Å². The summed E-state index contributed by atoms with van der Waals surface area (Å²) in [5, 5.41) is 21.0. The Kier molecular flexibility index (Phi) is 7.73. The van der Waals surface area contributed by atoms with E-state index in [1.807, 2.05) is 0 Å². The summed E-state index contributed by atoms with van der Waals surface area (Å²) in [6, 6.07) is 0. The van der Waals surface area contributed by atoms with Crippen LogP contribution >= 0.6 is 0 Å². The number of amides is 1. The van der Waals surface area contributed by atoms with Crippen molar-refractivity contribution in [2.75, 3.05) is 0 Å². The molecule has 1 unspecified atom stereocenters. The Morgan fingerprint density at radius 1 is 0.917 bits per heavy atom. The van der Waals surface area contributed by atoms with E-state index in [2.05, 4.69) is 5.32 Å². The predicted molar refractivity (Wildman–Crippen MR) is 89.9 cm³/mol. The van der Waals surface area contributed by atoms with Crippen molar-refractivity contribution in [3.8, 4) is 0 Å². The maximum atomic E-state index is 12.1. The number of alkyl carbamates (subject to hydrolysis) is 1. The lowest BCUT2D eigenvalue weighted by Crippen LogP contribution is -2.63. The number of aliphatic carboxylic acids is 2. The zero-order chi connectivity index (χ0) is 19.2. The Hall–Kier alpha value is -1.79. The molecule has 7 nitrogen and oxygen atoms in total. The minimum Gasteiger partial charge on any atom is -0.481 e. The van der Waals surface area contributed by atoms with E-state index in [4.69, 9.17) is 9.84 Å². The van der Waals surface area contributed by atoms with Crippen molar-refractivity contribution in [3.05, 3.63) is 0 Å². The molecule has 0 aromatic heterocycles. The molecule has 1 atom stereocenters. The Morgan fingerprint density at radius 3 is 1.83 bits per heavy atom. The molecule has 0 aliphatic heterocycles. The van der Waals surface area contributed by atoms with Gasteiger partial charge >= 0.3 is 18.0 Å². The van der Waals surface area contributed by atoms with E-state index >= 15 is 0 Å². The topological polar surface area (TPSA) is 113 Å². The SMILES string of the molecule is CC(C)(C)OC(=O)NC(CCCCCC(=O)O)(C(=O)O)C(C)(C)C. The second-order valence-electron chi connectivity index (χ2n) is 8.04. The van der Waals surface area contributed by atoms with Crippen LogP contribution in [0.1, 0.15) is 73.6 Å². The molecule has 0 fully saturated rings. The van der Waals surface area contributed by atoms with E-state index in [1.54, 1.807) is 41.5 Å². The number of ether oxygens (including phenoxy) is 1. The maximum Gasteiger partial charge on any atom is 0.408 e. The highest BCUT2D eigenvalue weighted by atomic mass is 16.6. The van der Waals surface area contributed by atoms with Crippen molar-refractivity contribution in [1.82, 2.24) is 5.32 Å². The molecule has 0 rings (SSSR count). The molecule has 0 aliphatic carbocycles. The van der Waals surface area contributed by atoms with Crippen LogP contribution in [0.2, 0.25) is 0 Å². The largest absolute Gasteiger partial charge is 0.481 e. The molecule has 0 radical (unpaired) electrons. The van der Waals surface area contributed by atoms with Crippen molar-refractivity contribution in [2.24, 2.45) is 5.41 Å². The average Bonchev–Trinajstić information content (AvgIpc) is 2.32. The highest BCUT2D eigenvalue weighted by Gasteiger charge is 2.50. The van der Waals surface area contributed by atoms with Gasteiger partial charge in [-0.2, -0.15) is 0 Å². The average molecular weight is 345 g/mol. The quantitative estimate of drug-likeness (QED) is 0.581. The number of carbonyl (C=O) groups is 3. The third-order valence-corrected chi connectivity index (χ3v) is 3.80. The van der Waals surface area contributed by atoms with Gasteiger partial charge in [0.25, 0.3) is 0 Å². The molecule has 0 spiro atoms. The molecular formula is C17H31NO6. The van der Waals surface area contributed by atoms with Crippen molar-refractivity contribution < 1.29 is 29.3 Å². The molecule has 24 heavy (non-hydrogen) atoms. The van der Waals surface area contributed by atoms with Gasteiger partial charge in [-0.15, -0.1) is 0 Å². The number of rotatable bonds is 8. The van der Waals surface area contributed by atoms with Crippen molar-refractivity contribution >= 4 is 18.0 Å². The summed E-state index contributed by atoms with van der Waals surface area (Å²) in [6.07, 6.45) is 1.02. The number of unbranched alkanes of at least 4 members (excludes halogenated alkanes) is 2. The Labute approximate surface area is 143 Å². The summed E-state index contributed by atoms with van der Waals surface area (Å²) >= 11 is 0. The Morgan fingerprint density at radius 2 is 1.46 bits per heavy atom. The number of carboxylic acids is 2. The molecule has 1 amide bonds. The molecule has 0 saturated heterocycles. The van der Waals surface area contributed by atoms with Gasteiger partial charge in [-0.1, -0.05) is 33.6 Å². The van der Waals surface area contributed by atoms with Crippen molar-refractivity contribution in [2.45, 2.75) is 84.8 Å². The van der Waals surface area contributed by atoms with Crippen LogP contribution in [0, 0.1) is 5.41 Å². The number of hydrogen-bond acceptors (Lipinski definition) is 4. The first-order valence-corrected chi connectivity index (χ1v) is 8.17. The van der Waals surface area contributed by atoms with Crippen LogP contribution in [0.5, 0.6) is 0 Å².